The van der Waals surface area contributed by atoms with Crippen LogP contribution in [0.1, 0.15) is 33.6 Å². The molecule has 1 unspecified atom stereocenters. The molecule has 15 heavy (non-hydrogen) atoms. The van der Waals surface area contributed by atoms with Crippen LogP contribution in [0.2, 0.25) is 0 Å². The number of carbonyl (C=O) groups excluding carboxylic acids is 1. The molecule has 0 aromatic rings. The second kappa shape index (κ2) is 3.37. The molecule has 4 nitrogen and oxygen atoms in total. The van der Waals surface area contributed by atoms with Crippen molar-refractivity contribution >= 4 is 6.09 Å². The maximum atomic E-state index is 11.8. The summed E-state index contributed by atoms with van der Waals surface area (Å²) in [6.45, 7) is 8.40. The number of hydrogen-bond donors (Lipinski definition) is 1. The molecule has 1 spiro atoms. The molecular weight excluding hydrogens is 192 g/mol. The number of likely N-dealkylation sites (tertiary alicyclic amines) is 1. The minimum atomic E-state index is -0.390. The summed E-state index contributed by atoms with van der Waals surface area (Å²) in [5.41, 5.74) is -0.159. The van der Waals surface area contributed by atoms with Crippen LogP contribution in [0.25, 0.3) is 0 Å². The Morgan fingerprint density at radius 2 is 2.13 bits per heavy atom. The Morgan fingerprint density at radius 1 is 1.47 bits per heavy atom. The van der Waals surface area contributed by atoms with Gasteiger partial charge in [0.25, 0.3) is 0 Å². The average molecular weight is 212 g/mol. The van der Waals surface area contributed by atoms with Crippen LogP contribution in [0.15, 0.2) is 0 Å². The predicted molar refractivity (Wildman–Crippen MR) is 57.8 cm³/mol. The zero-order chi connectivity index (χ0) is 11.1. The number of ether oxygens (including phenoxy) is 1. The van der Waals surface area contributed by atoms with Crippen LogP contribution in [0.3, 0.4) is 0 Å². The first-order valence-electron chi connectivity index (χ1n) is 5.63. The minimum Gasteiger partial charge on any atom is -0.444 e. The average Bonchev–Trinajstić information content (AvgIpc) is 2.82. The molecule has 2 saturated heterocycles. The largest absolute Gasteiger partial charge is 0.444 e. The molecule has 0 radical (unpaired) electrons. The van der Waals surface area contributed by atoms with Crippen molar-refractivity contribution in [2.75, 3.05) is 19.6 Å². The van der Waals surface area contributed by atoms with E-state index in [1.807, 2.05) is 25.7 Å². The predicted octanol–water partition coefficient (Wildman–Crippen LogP) is 1.36. The summed E-state index contributed by atoms with van der Waals surface area (Å²) in [6.07, 6.45) is 2.09. The van der Waals surface area contributed by atoms with Crippen LogP contribution < -0.4 is 5.32 Å². The molecule has 2 heterocycles. The molecule has 0 aromatic carbocycles. The van der Waals surface area contributed by atoms with Gasteiger partial charge in [-0.15, -0.1) is 0 Å². The van der Waals surface area contributed by atoms with Crippen molar-refractivity contribution in [3.63, 3.8) is 0 Å². The molecule has 2 aliphatic heterocycles. The molecule has 2 fully saturated rings. The summed E-state index contributed by atoms with van der Waals surface area (Å²) in [7, 11) is 0. The van der Waals surface area contributed by atoms with Crippen molar-refractivity contribution in [1.29, 1.82) is 0 Å². The second-order valence-corrected chi connectivity index (χ2v) is 5.64. The third kappa shape index (κ3) is 2.62. The van der Waals surface area contributed by atoms with E-state index in [9.17, 15) is 4.79 Å². The molecule has 0 bridgehead atoms. The summed E-state index contributed by atoms with van der Waals surface area (Å²) in [4.78, 5) is 13.6. The highest BCUT2D eigenvalue weighted by molar-refractivity contribution is 5.68. The standard InChI is InChI=1S/C11H20N2O2/c1-10(2,3)15-9(14)13-6-4-5-11(8-13)7-12-11/h12H,4-8H2,1-3H3. The molecule has 2 rings (SSSR count). The zero-order valence-electron chi connectivity index (χ0n) is 9.80. The number of rotatable bonds is 0. The molecule has 2 aliphatic rings. The van der Waals surface area contributed by atoms with Gasteiger partial charge in [0.15, 0.2) is 0 Å². The number of nitrogens with one attached hydrogen (secondary N) is 1. The molecule has 1 N–H and O–H groups in total. The fourth-order valence-electron chi connectivity index (χ4n) is 2.03. The first-order chi connectivity index (χ1) is 6.90. The lowest BCUT2D eigenvalue weighted by Crippen LogP contribution is -2.47. The maximum Gasteiger partial charge on any atom is 0.410 e. The van der Waals surface area contributed by atoms with Gasteiger partial charge in [-0.25, -0.2) is 4.79 Å². The van der Waals surface area contributed by atoms with E-state index < -0.39 is 5.60 Å². The maximum absolute atomic E-state index is 11.8. The molecule has 1 atom stereocenters. The molecule has 0 saturated carbocycles. The van der Waals surface area contributed by atoms with E-state index in [0.717, 1.165) is 26.1 Å². The van der Waals surface area contributed by atoms with Crippen LogP contribution in [-0.2, 0) is 4.74 Å². The summed E-state index contributed by atoms with van der Waals surface area (Å²) in [5, 5.41) is 3.35. The van der Waals surface area contributed by atoms with Crippen molar-refractivity contribution in [2.24, 2.45) is 0 Å². The minimum absolute atomic E-state index is 0.171. The Hall–Kier alpha value is -0.770. The Morgan fingerprint density at radius 3 is 2.67 bits per heavy atom. The van der Waals surface area contributed by atoms with Crippen LogP contribution in [0, 0.1) is 0 Å². The van der Waals surface area contributed by atoms with Crippen molar-refractivity contribution in [1.82, 2.24) is 10.2 Å². The summed E-state index contributed by atoms with van der Waals surface area (Å²) in [6, 6.07) is 0. The summed E-state index contributed by atoms with van der Waals surface area (Å²) < 4.78 is 5.36. The fraction of sp³-hybridized carbons (Fsp3) is 0.909. The molecule has 0 aromatic heterocycles. The van der Waals surface area contributed by atoms with Crippen LogP contribution >= 0.6 is 0 Å². The molecule has 1 amide bonds. The van der Waals surface area contributed by atoms with Gasteiger partial charge in [-0.2, -0.15) is 0 Å². The lowest BCUT2D eigenvalue weighted by atomic mass is 9.99. The third-order valence-corrected chi connectivity index (χ3v) is 2.91. The quantitative estimate of drug-likeness (QED) is 0.617. The fourth-order valence-corrected chi connectivity index (χ4v) is 2.03. The zero-order valence-corrected chi connectivity index (χ0v) is 9.80. The topological polar surface area (TPSA) is 51.5 Å². The first-order valence-corrected chi connectivity index (χ1v) is 5.63. The van der Waals surface area contributed by atoms with Gasteiger partial charge in [0.05, 0.1) is 0 Å². The SMILES string of the molecule is CC(C)(C)OC(=O)N1CCCC2(CN2)C1. The number of nitrogens with zero attached hydrogens (tertiary/aromatic N) is 1. The van der Waals surface area contributed by atoms with E-state index in [0.29, 0.717) is 0 Å². The van der Waals surface area contributed by atoms with Crippen LogP contribution in [-0.4, -0.2) is 41.8 Å². The Balaban J connectivity index is 1.90. The van der Waals surface area contributed by atoms with E-state index in [-0.39, 0.29) is 11.6 Å². The Kier molecular flexibility index (Phi) is 2.41. The highest BCUT2D eigenvalue weighted by atomic mass is 16.6. The van der Waals surface area contributed by atoms with E-state index in [2.05, 4.69) is 5.32 Å². The van der Waals surface area contributed by atoms with Gasteiger partial charge in [0, 0.05) is 25.2 Å². The van der Waals surface area contributed by atoms with E-state index in [4.69, 9.17) is 4.74 Å². The Labute approximate surface area is 91.0 Å². The lowest BCUT2D eigenvalue weighted by molar-refractivity contribution is 0.0187. The van der Waals surface area contributed by atoms with Gasteiger partial charge in [0.2, 0.25) is 0 Å². The summed E-state index contributed by atoms with van der Waals surface area (Å²) >= 11 is 0. The van der Waals surface area contributed by atoms with Gasteiger partial charge in [-0.1, -0.05) is 0 Å². The van der Waals surface area contributed by atoms with Gasteiger partial charge >= 0.3 is 6.09 Å². The van der Waals surface area contributed by atoms with E-state index in [1.54, 1.807) is 0 Å². The monoisotopic (exact) mass is 212 g/mol. The van der Waals surface area contributed by atoms with Crippen molar-refractivity contribution in [3.05, 3.63) is 0 Å². The smallest absolute Gasteiger partial charge is 0.410 e. The Bertz CT molecular complexity index is 266. The van der Waals surface area contributed by atoms with Gasteiger partial charge in [-0.05, 0) is 33.6 Å². The van der Waals surface area contributed by atoms with Gasteiger partial charge < -0.3 is 15.0 Å². The molecular formula is C11H20N2O2. The second-order valence-electron chi connectivity index (χ2n) is 5.64. The number of carbonyl (C=O) groups is 1. The van der Waals surface area contributed by atoms with Gasteiger partial charge in [-0.3, -0.25) is 0 Å². The number of piperidine rings is 1. The molecule has 4 heteroatoms. The van der Waals surface area contributed by atoms with Crippen molar-refractivity contribution < 1.29 is 9.53 Å². The lowest BCUT2D eigenvalue weighted by Gasteiger charge is -2.33. The molecule has 0 aliphatic carbocycles. The van der Waals surface area contributed by atoms with Crippen molar-refractivity contribution in [3.8, 4) is 0 Å². The van der Waals surface area contributed by atoms with Gasteiger partial charge in [0.1, 0.15) is 5.60 Å². The molecule has 86 valence electrons. The van der Waals surface area contributed by atoms with E-state index in [1.165, 1.54) is 6.42 Å². The number of amides is 1. The third-order valence-electron chi connectivity index (χ3n) is 2.91. The normalized spacial score (nSPS) is 30.5. The highest BCUT2D eigenvalue weighted by Crippen LogP contribution is 2.29. The van der Waals surface area contributed by atoms with E-state index >= 15 is 0 Å². The number of hydrogen-bond acceptors (Lipinski definition) is 3. The van der Waals surface area contributed by atoms with Crippen LogP contribution in [0.5, 0.6) is 0 Å². The first kappa shape index (κ1) is 10.7. The van der Waals surface area contributed by atoms with Crippen molar-refractivity contribution in [2.45, 2.75) is 44.8 Å². The highest BCUT2D eigenvalue weighted by Gasteiger charge is 2.46. The van der Waals surface area contributed by atoms with Crippen LogP contribution in [0.4, 0.5) is 4.79 Å². The summed E-state index contributed by atoms with van der Waals surface area (Å²) in [5.74, 6) is 0.